The van der Waals surface area contributed by atoms with Crippen molar-refractivity contribution in [2.75, 3.05) is 13.2 Å². The fourth-order valence-electron chi connectivity index (χ4n) is 4.27. The van der Waals surface area contributed by atoms with Crippen molar-refractivity contribution in [1.29, 1.82) is 0 Å². The van der Waals surface area contributed by atoms with Gasteiger partial charge in [0.15, 0.2) is 0 Å². The molecule has 6 nitrogen and oxygen atoms in total. The number of ketones is 1. The van der Waals surface area contributed by atoms with Crippen LogP contribution in [0.5, 0.6) is 0 Å². The summed E-state index contributed by atoms with van der Waals surface area (Å²) in [5.74, 6) is 2.33. The molecule has 2 atom stereocenters. The second kappa shape index (κ2) is 16.5. The minimum Gasteiger partial charge on any atom is -0.548 e. The quantitative estimate of drug-likeness (QED) is 0.223. The third-order valence-corrected chi connectivity index (χ3v) is 7.32. The molecule has 5 rings (SSSR count). The highest BCUT2D eigenvalue weighted by atomic mass is 35.5. The third-order valence-electron chi connectivity index (χ3n) is 6.00. The molecule has 2 aromatic heterocycles. The first-order valence-electron chi connectivity index (χ1n) is 12.6. The molecule has 37 heavy (non-hydrogen) atoms. The summed E-state index contributed by atoms with van der Waals surface area (Å²) in [5.41, 5.74) is 2.36. The van der Waals surface area contributed by atoms with Gasteiger partial charge in [-0.05, 0) is 92.4 Å². The van der Waals surface area contributed by atoms with E-state index in [0.717, 1.165) is 43.8 Å². The van der Waals surface area contributed by atoms with Gasteiger partial charge in [0, 0.05) is 50.8 Å². The Morgan fingerprint density at radius 2 is 1.51 bits per heavy atom. The number of hydrogen-bond acceptors (Lipinski definition) is 6. The van der Waals surface area contributed by atoms with Crippen LogP contribution in [0.2, 0.25) is 29.9 Å². The fourth-order valence-corrected chi connectivity index (χ4v) is 5.45. The highest BCUT2D eigenvalue weighted by molar-refractivity contribution is 6.70. The van der Waals surface area contributed by atoms with E-state index in [1.54, 1.807) is 12.3 Å². The normalized spacial score (nSPS) is 20.5. The Bertz CT molecular complexity index is 972. The predicted octanol–water partition coefficient (Wildman–Crippen LogP) is 7.82. The number of halogens is 3. The van der Waals surface area contributed by atoms with Gasteiger partial charge in [-0.3, -0.25) is 4.79 Å². The first-order chi connectivity index (χ1) is 17.7. The van der Waals surface area contributed by atoms with E-state index in [1.165, 1.54) is 18.4 Å². The Kier molecular flexibility index (Phi) is 14.1. The van der Waals surface area contributed by atoms with Gasteiger partial charge in [0.1, 0.15) is 16.1 Å². The number of carbonyl (C=O) groups excluding carboxylic acids is 1. The molecule has 1 aliphatic heterocycles. The van der Waals surface area contributed by atoms with Crippen LogP contribution in [-0.2, 0) is 14.0 Å². The van der Waals surface area contributed by atoms with Crippen molar-refractivity contribution in [2.24, 2.45) is 5.25 Å². The molecular formula is C27H38Cl3N3O3Si. The third kappa shape index (κ3) is 12.3. The van der Waals surface area contributed by atoms with E-state index >= 15 is 0 Å². The minimum absolute atomic E-state index is 0.361. The number of allylic oxidation sites excluding steroid dienone is 2. The lowest BCUT2D eigenvalue weighted by Gasteiger charge is -2.19. The summed E-state index contributed by atoms with van der Waals surface area (Å²) in [4.78, 5) is 19.2. The van der Waals surface area contributed by atoms with Gasteiger partial charge in [-0.15, -0.1) is 0 Å². The summed E-state index contributed by atoms with van der Waals surface area (Å²) in [6.07, 6.45) is 12.9. The van der Waals surface area contributed by atoms with E-state index in [4.69, 9.17) is 32.4 Å². The molecule has 0 bridgehead atoms. The highest BCUT2D eigenvalue weighted by Gasteiger charge is 2.24. The topological polar surface area (TPSA) is 87.3 Å². The highest BCUT2D eigenvalue weighted by Crippen LogP contribution is 2.34. The SMILES string of the molecule is C1CCOC1.C[Si](C)(C)OC1=CC(c2ccc(Cl)nc2)CC1.NCl.O=C1CCC(c2ccc(Cl)nc2)C1. The Morgan fingerprint density at radius 1 is 0.919 bits per heavy atom. The summed E-state index contributed by atoms with van der Waals surface area (Å²) in [6, 6.07) is 7.63. The van der Waals surface area contributed by atoms with Crippen LogP contribution in [0.4, 0.5) is 0 Å². The number of Topliss-reactive ketones (excluding diaryl/α,β-unsaturated/α-hetero) is 1. The molecule has 3 heterocycles. The number of pyridine rings is 2. The molecule has 0 radical (unpaired) electrons. The van der Waals surface area contributed by atoms with Gasteiger partial charge in [-0.1, -0.05) is 35.3 Å². The number of nitrogens with two attached hydrogens (primary N) is 1. The Balaban J connectivity index is 0.000000211. The van der Waals surface area contributed by atoms with E-state index in [1.807, 2.05) is 24.4 Å². The Hall–Kier alpha value is -1.48. The Labute approximate surface area is 237 Å². The van der Waals surface area contributed by atoms with Crippen LogP contribution in [-0.4, -0.2) is 37.3 Å². The van der Waals surface area contributed by atoms with Crippen LogP contribution in [0, 0.1) is 0 Å². The molecule has 0 amide bonds. The number of ether oxygens (including phenoxy) is 1. The van der Waals surface area contributed by atoms with E-state index in [9.17, 15) is 4.79 Å². The summed E-state index contributed by atoms with van der Waals surface area (Å²) in [5, 5.41) is 5.03. The number of rotatable bonds is 4. The molecule has 204 valence electrons. The molecule has 3 aliphatic rings. The zero-order chi connectivity index (χ0) is 27.3. The summed E-state index contributed by atoms with van der Waals surface area (Å²) < 4.78 is 11.0. The molecule has 1 saturated heterocycles. The van der Waals surface area contributed by atoms with Gasteiger partial charge >= 0.3 is 0 Å². The number of carbonyl (C=O) groups is 1. The van der Waals surface area contributed by atoms with Crippen molar-refractivity contribution in [1.82, 2.24) is 9.97 Å². The molecule has 0 spiro atoms. The molecule has 2 fully saturated rings. The van der Waals surface area contributed by atoms with Crippen LogP contribution < -0.4 is 5.25 Å². The van der Waals surface area contributed by atoms with Crippen LogP contribution in [0.15, 0.2) is 48.5 Å². The molecule has 2 aliphatic carbocycles. The van der Waals surface area contributed by atoms with Crippen molar-refractivity contribution < 1.29 is 14.0 Å². The molecule has 1 saturated carbocycles. The van der Waals surface area contributed by atoms with Gasteiger partial charge < -0.3 is 9.16 Å². The monoisotopic (exact) mass is 585 g/mol. The molecular weight excluding hydrogens is 549 g/mol. The first kappa shape index (κ1) is 31.7. The minimum atomic E-state index is -1.47. The van der Waals surface area contributed by atoms with Crippen molar-refractivity contribution in [3.63, 3.8) is 0 Å². The van der Waals surface area contributed by atoms with E-state index < -0.39 is 8.32 Å². The number of hydrogen-bond donors (Lipinski definition) is 1. The molecule has 10 heteroatoms. The average molecular weight is 587 g/mol. The second-order valence-corrected chi connectivity index (χ2v) is 15.3. The first-order valence-corrected chi connectivity index (χ1v) is 17.2. The van der Waals surface area contributed by atoms with Crippen LogP contribution in [0.1, 0.15) is 67.9 Å². The van der Waals surface area contributed by atoms with Crippen molar-refractivity contribution in [2.45, 2.75) is 76.4 Å². The lowest BCUT2D eigenvalue weighted by Crippen LogP contribution is -2.24. The molecule has 2 N–H and O–H groups in total. The molecule has 0 aromatic carbocycles. The Morgan fingerprint density at radius 3 is 1.95 bits per heavy atom. The zero-order valence-electron chi connectivity index (χ0n) is 21.9. The molecule has 2 aromatic rings. The second-order valence-electron chi connectivity index (χ2n) is 10.1. The maximum absolute atomic E-state index is 11.0. The number of nitrogens with zero attached hydrogens (tertiary/aromatic N) is 2. The summed E-state index contributed by atoms with van der Waals surface area (Å²) >= 11 is 15.6. The largest absolute Gasteiger partial charge is 0.548 e. The van der Waals surface area contributed by atoms with Crippen LogP contribution in [0.25, 0.3) is 0 Å². The van der Waals surface area contributed by atoms with Crippen molar-refractivity contribution in [3.8, 4) is 0 Å². The lowest BCUT2D eigenvalue weighted by atomic mass is 10.00. The van der Waals surface area contributed by atoms with Crippen LogP contribution >= 0.6 is 35.0 Å². The molecule has 2 unspecified atom stereocenters. The van der Waals surface area contributed by atoms with Crippen molar-refractivity contribution in [3.05, 3.63) is 69.9 Å². The van der Waals surface area contributed by atoms with Crippen molar-refractivity contribution >= 4 is 49.1 Å². The van der Waals surface area contributed by atoms with E-state index in [2.05, 4.69) is 52.7 Å². The standard InChI is InChI=1S/C13H18ClNOSi.C10H10ClNO.C4H8O.ClH2N/c1-17(2,3)16-12-6-4-10(8-12)11-5-7-13(14)15-9-11;11-10-4-2-8(6-12-10)7-1-3-9(13)5-7;1-2-4-5-3-1;1-2/h5,7-10H,4,6H2,1-3H3;2,4,6-7H,1,3,5H2;1-4H2;2H2. The summed E-state index contributed by atoms with van der Waals surface area (Å²) in [6.45, 7) is 8.64. The van der Waals surface area contributed by atoms with Gasteiger partial charge in [0.05, 0.1) is 5.76 Å². The van der Waals surface area contributed by atoms with Gasteiger partial charge in [-0.25, -0.2) is 15.2 Å². The van der Waals surface area contributed by atoms with Gasteiger partial charge in [0.25, 0.3) is 0 Å². The van der Waals surface area contributed by atoms with Crippen LogP contribution in [0.3, 0.4) is 0 Å². The van der Waals surface area contributed by atoms with Gasteiger partial charge in [0.2, 0.25) is 8.32 Å². The van der Waals surface area contributed by atoms with E-state index in [-0.39, 0.29) is 0 Å². The fraction of sp³-hybridized carbons (Fsp3) is 0.519. The maximum Gasteiger partial charge on any atom is 0.241 e. The smallest absolute Gasteiger partial charge is 0.241 e. The zero-order valence-corrected chi connectivity index (χ0v) is 25.2. The van der Waals surface area contributed by atoms with Gasteiger partial charge in [-0.2, -0.15) is 0 Å². The lowest BCUT2D eigenvalue weighted by molar-refractivity contribution is -0.117. The summed E-state index contributed by atoms with van der Waals surface area (Å²) in [7, 11) is -1.47. The average Bonchev–Trinajstić information content (AvgIpc) is 3.65. The number of aromatic nitrogens is 2. The maximum atomic E-state index is 11.0. The predicted molar refractivity (Wildman–Crippen MR) is 155 cm³/mol. The van der Waals surface area contributed by atoms with E-state index in [0.29, 0.717) is 40.8 Å².